The van der Waals surface area contributed by atoms with Gasteiger partial charge >= 0.3 is 0 Å². The van der Waals surface area contributed by atoms with Gasteiger partial charge in [-0.25, -0.2) is 4.39 Å². The molecule has 0 radical (unpaired) electrons. The van der Waals surface area contributed by atoms with E-state index >= 15 is 0 Å². The zero-order valence-electron chi connectivity index (χ0n) is 14.8. The van der Waals surface area contributed by atoms with E-state index in [0.29, 0.717) is 23.4 Å². The second-order valence-electron chi connectivity index (χ2n) is 6.32. The van der Waals surface area contributed by atoms with E-state index in [2.05, 4.69) is 5.32 Å². The number of anilines is 1. The number of carbonyl (C=O) groups excluding carboxylic acids is 1. The second-order valence-corrected chi connectivity index (χ2v) is 6.32. The Hall–Kier alpha value is -3.34. The molecule has 0 aliphatic carbocycles. The van der Waals surface area contributed by atoms with Gasteiger partial charge in [0.15, 0.2) is 0 Å². The number of halogens is 1. The van der Waals surface area contributed by atoms with Gasteiger partial charge in [-0.3, -0.25) is 4.79 Å². The number of methoxy groups -OCH3 is 1. The number of nitrogens with one attached hydrogen (secondary N) is 1. The summed E-state index contributed by atoms with van der Waals surface area (Å²) in [5.41, 5.74) is 2.79. The van der Waals surface area contributed by atoms with Crippen molar-refractivity contribution < 1.29 is 18.3 Å². The first-order valence-corrected chi connectivity index (χ1v) is 8.67. The highest BCUT2D eigenvalue weighted by atomic mass is 19.1. The summed E-state index contributed by atoms with van der Waals surface area (Å²) in [5, 5.41) is 4.79. The topological polar surface area (TPSA) is 51.5 Å². The molecule has 4 rings (SSSR count). The Labute approximate surface area is 155 Å². The average molecular weight is 363 g/mol. The summed E-state index contributed by atoms with van der Waals surface area (Å²) >= 11 is 0. The van der Waals surface area contributed by atoms with Crippen LogP contribution in [0.4, 0.5) is 10.1 Å². The Morgan fingerprint density at radius 3 is 2.70 bits per heavy atom. The van der Waals surface area contributed by atoms with Crippen LogP contribution in [0, 0.1) is 5.82 Å². The van der Waals surface area contributed by atoms with Gasteiger partial charge in [-0.15, -0.1) is 0 Å². The highest BCUT2D eigenvalue weighted by molar-refractivity contribution is 6.07. The van der Waals surface area contributed by atoms with Crippen LogP contribution in [-0.2, 0) is 11.2 Å². The third-order valence-corrected chi connectivity index (χ3v) is 4.50. The molecule has 0 unspecified atom stereocenters. The number of amides is 1. The Morgan fingerprint density at radius 2 is 1.89 bits per heavy atom. The zero-order chi connectivity index (χ0) is 18.8. The van der Waals surface area contributed by atoms with Crippen LogP contribution in [0.3, 0.4) is 0 Å². The minimum absolute atomic E-state index is 0.173. The zero-order valence-corrected chi connectivity index (χ0v) is 14.8. The smallest absolute Gasteiger partial charge is 0.224 e. The fourth-order valence-corrected chi connectivity index (χ4v) is 3.18. The number of carbonyl (C=O) groups is 1. The van der Waals surface area contributed by atoms with Gasteiger partial charge in [-0.1, -0.05) is 30.3 Å². The monoisotopic (exact) mass is 363 g/mol. The van der Waals surface area contributed by atoms with Gasteiger partial charge in [0.25, 0.3) is 0 Å². The lowest BCUT2D eigenvalue weighted by Crippen LogP contribution is -2.13. The van der Waals surface area contributed by atoms with Gasteiger partial charge in [0, 0.05) is 23.3 Å². The summed E-state index contributed by atoms with van der Waals surface area (Å²) in [4.78, 5) is 12.4. The second kappa shape index (κ2) is 7.11. The maximum absolute atomic E-state index is 13.2. The van der Waals surface area contributed by atoms with Crippen molar-refractivity contribution in [1.29, 1.82) is 0 Å². The van der Waals surface area contributed by atoms with Crippen LogP contribution in [0.1, 0.15) is 12.0 Å². The number of hydrogen-bond donors (Lipinski definition) is 1. The van der Waals surface area contributed by atoms with Crippen molar-refractivity contribution in [2.24, 2.45) is 0 Å². The standard InChI is InChI=1S/C22H18FNO3/c1-26-21-12-17-16-7-2-3-8-19(16)27-20(17)13-18(21)24-22(25)10-9-14-5-4-6-15(23)11-14/h2-8,11-13H,9-10H2,1H3,(H,24,25). The van der Waals surface area contributed by atoms with Crippen molar-refractivity contribution in [3.8, 4) is 5.75 Å². The fraction of sp³-hybridized carbons (Fsp3) is 0.136. The van der Waals surface area contributed by atoms with E-state index in [9.17, 15) is 9.18 Å². The van der Waals surface area contributed by atoms with Gasteiger partial charge < -0.3 is 14.5 Å². The molecule has 0 bridgehead atoms. The van der Waals surface area contributed by atoms with Gasteiger partial charge in [0.2, 0.25) is 5.91 Å². The molecule has 0 fully saturated rings. The van der Waals surface area contributed by atoms with Crippen LogP contribution in [-0.4, -0.2) is 13.0 Å². The van der Waals surface area contributed by atoms with Crippen molar-refractivity contribution in [3.05, 3.63) is 72.0 Å². The van der Waals surface area contributed by atoms with E-state index in [0.717, 1.165) is 21.9 Å². The number of para-hydroxylation sites is 1. The average Bonchev–Trinajstić information content (AvgIpc) is 3.03. The van der Waals surface area contributed by atoms with Crippen molar-refractivity contribution in [2.45, 2.75) is 12.8 Å². The molecular weight excluding hydrogens is 345 g/mol. The molecule has 4 aromatic rings. The molecular formula is C22H18FNO3. The Balaban J connectivity index is 1.57. The Kier molecular flexibility index (Phi) is 4.50. The summed E-state index contributed by atoms with van der Waals surface area (Å²) < 4.78 is 24.6. The molecule has 1 aromatic heterocycles. The molecule has 0 aliphatic heterocycles. The minimum atomic E-state index is -0.301. The number of aryl methyl sites for hydroxylation is 1. The summed E-state index contributed by atoms with van der Waals surface area (Å²) in [7, 11) is 1.56. The van der Waals surface area contributed by atoms with Gasteiger partial charge in [0.05, 0.1) is 12.8 Å². The molecule has 5 heteroatoms. The first kappa shape index (κ1) is 17.1. The molecule has 136 valence electrons. The van der Waals surface area contributed by atoms with Crippen LogP contribution >= 0.6 is 0 Å². The van der Waals surface area contributed by atoms with Crippen LogP contribution in [0.25, 0.3) is 21.9 Å². The molecule has 0 saturated carbocycles. The molecule has 1 N–H and O–H groups in total. The molecule has 4 nitrogen and oxygen atoms in total. The maximum Gasteiger partial charge on any atom is 0.224 e. The van der Waals surface area contributed by atoms with Crippen molar-refractivity contribution >= 4 is 33.5 Å². The van der Waals surface area contributed by atoms with Crippen molar-refractivity contribution in [1.82, 2.24) is 0 Å². The van der Waals surface area contributed by atoms with Gasteiger partial charge in [-0.2, -0.15) is 0 Å². The normalized spacial score (nSPS) is 11.0. The maximum atomic E-state index is 13.2. The lowest BCUT2D eigenvalue weighted by atomic mass is 10.1. The van der Waals surface area contributed by atoms with Crippen LogP contribution in [0.2, 0.25) is 0 Å². The lowest BCUT2D eigenvalue weighted by Gasteiger charge is -2.10. The van der Waals surface area contributed by atoms with E-state index in [4.69, 9.17) is 9.15 Å². The van der Waals surface area contributed by atoms with Crippen LogP contribution in [0.5, 0.6) is 5.75 Å². The summed E-state index contributed by atoms with van der Waals surface area (Å²) in [6.45, 7) is 0. The van der Waals surface area contributed by atoms with E-state index < -0.39 is 0 Å². The molecule has 0 spiro atoms. The summed E-state index contributed by atoms with van der Waals surface area (Å²) in [6, 6.07) is 17.7. The minimum Gasteiger partial charge on any atom is -0.495 e. The van der Waals surface area contributed by atoms with E-state index in [1.807, 2.05) is 30.3 Å². The van der Waals surface area contributed by atoms with Crippen molar-refractivity contribution in [3.63, 3.8) is 0 Å². The lowest BCUT2D eigenvalue weighted by molar-refractivity contribution is -0.116. The number of benzene rings is 3. The van der Waals surface area contributed by atoms with Crippen LogP contribution in [0.15, 0.2) is 65.1 Å². The third-order valence-electron chi connectivity index (χ3n) is 4.50. The number of fused-ring (bicyclic) bond motifs is 3. The van der Waals surface area contributed by atoms with Crippen molar-refractivity contribution in [2.75, 3.05) is 12.4 Å². The largest absolute Gasteiger partial charge is 0.495 e. The van der Waals surface area contributed by atoms with E-state index in [1.54, 1.807) is 25.3 Å². The van der Waals surface area contributed by atoms with E-state index in [-0.39, 0.29) is 18.1 Å². The first-order valence-electron chi connectivity index (χ1n) is 8.67. The highest BCUT2D eigenvalue weighted by Crippen LogP contribution is 2.36. The molecule has 0 saturated heterocycles. The Morgan fingerprint density at radius 1 is 1.04 bits per heavy atom. The van der Waals surface area contributed by atoms with Gasteiger partial charge in [-0.05, 0) is 36.2 Å². The van der Waals surface area contributed by atoms with Crippen LogP contribution < -0.4 is 10.1 Å². The number of furan rings is 1. The fourth-order valence-electron chi connectivity index (χ4n) is 3.18. The van der Waals surface area contributed by atoms with Gasteiger partial charge in [0.1, 0.15) is 22.7 Å². The number of rotatable bonds is 5. The molecule has 0 aliphatic rings. The number of ether oxygens (including phenoxy) is 1. The number of hydrogen-bond acceptors (Lipinski definition) is 3. The molecule has 3 aromatic carbocycles. The molecule has 27 heavy (non-hydrogen) atoms. The molecule has 1 heterocycles. The highest BCUT2D eigenvalue weighted by Gasteiger charge is 2.14. The SMILES string of the molecule is COc1cc2c(cc1NC(=O)CCc1cccc(F)c1)oc1ccccc12. The summed E-state index contributed by atoms with van der Waals surface area (Å²) in [5.74, 6) is 0.0890. The summed E-state index contributed by atoms with van der Waals surface area (Å²) in [6.07, 6.45) is 0.698. The predicted molar refractivity (Wildman–Crippen MR) is 104 cm³/mol. The van der Waals surface area contributed by atoms with E-state index in [1.165, 1.54) is 12.1 Å². The predicted octanol–water partition coefficient (Wildman–Crippen LogP) is 5.31. The molecule has 1 amide bonds. The third kappa shape index (κ3) is 3.49. The Bertz CT molecular complexity index is 1130. The quantitative estimate of drug-likeness (QED) is 0.523. The first-order chi connectivity index (χ1) is 13.1. The molecule has 0 atom stereocenters.